The molecule has 0 radical (unpaired) electrons. The van der Waals surface area contributed by atoms with Gasteiger partial charge < -0.3 is 10.6 Å². The molecule has 29 heavy (non-hydrogen) atoms. The van der Waals surface area contributed by atoms with E-state index in [1.807, 2.05) is 6.92 Å². The fourth-order valence-corrected chi connectivity index (χ4v) is 4.81. The van der Waals surface area contributed by atoms with E-state index in [9.17, 15) is 8.42 Å². The van der Waals surface area contributed by atoms with E-state index >= 15 is 0 Å². The number of hydrogen-bond donors (Lipinski definition) is 3. The third-order valence-electron chi connectivity index (χ3n) is 4.93. The second kappa shape index (κ2) is 10.2. The van der Waals surface area contributed by atoms with E-state index in [1.165, 1.54) is 29.9 Å². The number of likely N-dealkylation sites (tertiary alicyclic amines) is 1. The van der Waals surface area contributed by atoms with Gasteiger partial charge in [-0.1, -0.05) is 18.2 Å². The molecule has 158 valence electrons. The maximum atomic E-state index is 11.4. The third-order valence-corrected chi connectivity index (χ3v) is 6.83. The number of aliphatic imine (C=N–C) groups is 1. The van der Waals surface area contributed by atoms with Crippen molar-refractivity contribution in [3.8, 4) is 0 Å². The smallest absolute Gasteiger partial charge is 0.238 e. The number of thiophene rings is 1. The van der Waals surface area contributed by atoms with Crippen molar-refractivity contribution in [1.82, 2.24) is 15.5 Å². The largest absolute Gasteiger partial charge is 0.357 e. The Labute approximate surface area is 177 Å². The molecule has 1 unspecified atom stereocenters. The van der Waals surface area contributed by atoms with Gasteiger partial charge in [0.2, 0.25) is 10.0 Å². The van der Waals surface area contributed by atoms with Gasteiger partial charge in [-0.2, -0.15) is 0 Å². The second-order valence-corrected chi connectivity index (χ2v) is 9.58. The highest BCUT2D eigenvalue weighted by Crippen LogP contribution is 2.27. The van der Waals surface area contributed by atoms with Crippen molar-refractivity contribution in [2.45, 2.75) is 37.2 Å². The van der Waals surface area contributed by atoms with Crippen LogP contribution in [0.5, 0.6) is 0 Å². The Bertz CT molecular complexity index is 889. The van der Waals surface area contributed by atoms with Crippen molar-refractivity contribution in [2.24, 2.45) is 10.1 Å². The van der Waals surface area contributed by atoms with Crippen LogP contribution in [-0.4, -0.2) is 45.5 Å². The Hall–Kier alpha value is -1.94. The molecule has 2 aromatic rings. The number of benzene rings is 1. The first-order chi connectivity index (χ1) is 14.0. The zero-order chi connectivity index (χ0) is 20.7. The Morgan fingerprint density at radius 1 is 1.21 bits per heavy atom. The van der Waals surface area contributed by atoms with Gasteiger partial charge in [0.1, 0.15) is 0 Å². The Kier molecular flexibility index (Phi) is 7.65. The first-order valence-corrected chi connectivity index (χ1v) is 12.3. The van der Waals surface area contributed by atoms with Crippen molar-refractivity contribution >= 4 is 27.3 Å². The highest BCUT2D eigenvalue weighted by molar-refractivity contribution is 7.89. The van der Waals surface area contributed by atoms with Crippen LogP contribution in [-0.2, 0) is 16.6 Å². The minimum atomic E-state index is -3.67. The van der Waals surface area contributed by atoms with Crippen molar-refractivity contribution in [2.75, 3.05) is 26.2 Å². The number of sulfonamides is 1. The quantitative estimate of drug-likeness (QED) is 0.436. The van der Waals surface area contributed by atoms with Crippen molar-refractivity contribution in [3.05, 3.63) is 52.2 Å². The molecule has 1 aromatic carbocycles. The lowest BCUT2D eigenvalue weighted by molar-refractivity contribution is 0.249. The second-order valence-electron chi connectivity index (χ2n) is 7.04. The van der Waals surface area contributed by atoms with Crippen LogP contribution in [0.2, 0.25) is 0 Å². The number of primary sulfonamides is 1. The summed E-state index contributed by atoms with van der Waals surface area (Å²) in [4.78, 5) is 8.67. The number of guanidine groups is 1. The van der Waals surface area contributed by atoms with Crippen LogP contribution in [0.15, 0.2) is 51.7 Å². The maximum Gasteiger partial charge on any atom is 0.238 e. The average molecular weight is 436 g/mol. The first-order valence-electron chi connectivity index (χ1n) is 9.88. The Balaban J connectivity index is 1.65. The number of nitrogens with zero attached hydrogens (tertiary/aromatic N) is 2. The zero-order valence-electron chi connectivity index (χ0n) is 16.7. The molecular weight excluding hydrogens is 406 g/mol. The highest BCUT2D eigenvalue weighted by atomic mass is 32.2. The summed E-state index contributed by atoms with van der Waals surface area (Å²) < 4.78 is 22.8. The minimum absolute atomic E-state index is 0.111. The van der Waals surface area contributed by atoms with Gasteiger partial charge in [-0.25, -0.2) is 18.5 Å². The summed E-state index contributed by atoms with van der Waals surface area (Å²) in [5.74, 6) is 0.753. The molecule has 0 saturated carbocycles. The molecule has 7 nitrogen and oxygen atoms in total. The summed E-state index contributed by atoms with van der Waals surface area (Å²) in [5.41, 5.74) is 0.920. The van der Waals surface area contributed by atoms with E-state index < -0.39 is 10.0 Å². The molecule has 9 heteroatoms. The lowest BCUT2D eigenvalue weighted by Crippen LogP contribution is -2.42. The van der Waals surface area contributed by atoms with E-state index in [1.54, 1.807) is 23.5 Å². The van der Waals surface area contributed by atoms with Gasteiger partial charge in [-0.05, 0) is 62.0 Å². The summed E-state index contributed by atoms with van der Waals surface area (Å²) in [6, 6.07) is 11.2. The normalized spacial score (nSPS) is 16.7. The number of nitrogens with one attached hydrogen (secondary N) is 2. The lowest BCUT2D eigenvalue weighted by Gasteiger charge is -2.27. The summed E-state index contributed by atoms with van der Waals surface area (Å²) in [6.45, 7) is 6.31. The SMILES string of the molecule is CCNC(=NCc1ccc(S(N)(=O)=O)cc1)NCC(c1cccs1)N1CCCC1. The van der Waals surface area contributed by atoms with Gasteiger partial charge in [0.25, 0.3) is 0 Å². The van der Waals surface area contributed by atoms with Crippen molar-refractivity contribution in [1.29, 1.82) is 0 Å². The molecule has 2 heterocycles. The number of hydrogen-bond acceptors (Lipinski definition) is 5. The molecule has 1 aliphatic heterocycles. The predicted octanol–water partition coefficient (Wildman–Crippen LogP) is 2.29. The topological polar surface area (TPSA) is 99.8 Å². The van der Waals surface area contributed by atoms with E-state index in [0.29, 0.717) is 12.6 Å². The molecule has 1 atom stereocenters. The standard InChI is InChI=1S/C20H29N5O2S2/c1-2-22-20(23-14-16-7-9-17(10-8-16)29(21,26)27)24-15-18(19-6-5-13-28-19)25-11-3-4-12-25/h5-10,13,18H,2-4,11-12,14-15H2,1H3,(H2,21,26,27)(H2,22,23,24). The predicted molar refractivity (Wildman–Crippen MR) is 119 cm³/mol. The molecule has 1 saturated heterocycles. The molecule has 0 aliphatic carbocycles. The van der Waals surface area contributed by atoms with E-state index in [0.717, 1.165) is 37.7 Å². The van der Waals surface area contributed by atoms with Crippen molar-refractivity contribution in [3.63, 3.8) is 0 Å². The van der Waals surface area contributed by atoms with E-state index in [4.69, 9.17) is 5.14 Å². The fraction of sp³-hybridized carbons (Fsp3) is 0.450. The molecule has 3 rings (SSSR count). The van der Waals surface area contributed by atoms with Crippen LogP contribution in [0.4, 0.5) is 0 Å². The van der Waals surface area contributed by atoms with Crippen molar-refractivity contribution < 1.29 is 8.42 Å². The van der Waals surface area contributed by atoms with Crippen LogP contribution in [0.25, 0.3) is 0 Å². The molecule has 4 N–H and O–H groups in total. The molecule has 0 spiro atoms. The zero-order valence-corrected chi connectivity index (χ0v) is 18.3. The highest BCUT2D eigenvalue weighted by Gasteiger charge is 2.24. The monoisotopic (exact) mass is 435 g/mol. The molecule has 0 amide bonds. The Morgan fingerprint density at radius 2 is 1.93 bits per heavy atom. The molecule has 1 fully saturated rings. The number of rotatable bonds is 8. The van der Waals surface area contributed by atoms with Gasteiger partial charge in [-0.3, -0.25) is 4.90 Å². The maximum absolute atomic E-state index is 11.4. The van der Waals surface area contributed by atoms with Crippen LogP contribution < -0.4 is 15.8 Å². The third kappa shape index (κ3) is 6.27. The first kappa shape index (κ1) is 21.8. The molecular formula is C20H29N5O2S2. The fourth-order valence-electron chi connectivity index (χ4n) is 3.43. The van der Waals surface area contributed by atoms with Gasteiger partial charge in [0.05, 0.1) is 17.5 Å². The number of nitrogens with two attached hydrogens (primary N) is 1. The summed E-state index contributed by atoms with van der Waals surface area (Å²) in [7, 11) is -3.67. The summed E-state index contributed by atoms with van der Waals surface area (Å²) in [6.07, 6.45) is 2.51. The van der Waals surface area contributed by atoms with Crippen LogP contribution in [0.3, 0.4) is 0 Å². The minimum Gasteiger partial charge on any atom is -0.357 e. The van der Waals surface area contributed by atoms with Crippen LogP contribution >= 0.6 is 11.3 Å². The van der Waals surface area contributed by atoms with Crippen LogP contribution in [0.1, 0.15) is 36.2 Å². The summed E-state index contributed by atoms with van der Waals surface area (Å²) in [5, 5.41) is 14.0. The Morgan fingerprint density at radius 3 is 2.52 bits per heavy atom. The van der Waals surface area contributed by atoms with Crippen LogP contribution in [0, 0.1) is 0 Å². The lowest BCUT2D eigenvalue weighted by atomic mass is 10.2. The molecule has 1 aliphatic rings. The average Bonchev–Trinajstić information content (AvgIpc) is 3.40. The van der Waals surface area contributed by atoms with Gasteiger partial charge >= 0.3 is 0 Å². The van der Waals surface area contributed by atoms with Gasteiger partial charge in [-0.15, -0.1) is 11.3 Å². The van der Waals surface area contributed by atoms with E-state index in [-0.39, 0.29) is 4.90 Å². The molecule has 1 aromatic heterocycles. The van der Waals surface area contributed by atoms with E-state index in [2.05, 4.69) is 38.0 Å². The van der Waals surface area contributed by atoms with Gasteiger partial charge in [0.15, 0.2) is 5.96 Å². The summed E-state index contributed by atoms with van der Waals surface area (Å²) >= 11 is 1.80. The van der Waals surface area contributed by atoms with Gasteiger partial charge in [0, 0.05) is 18.0 Å². The molecule has 0 bridgehead atoms.